The average Bonchev–Trinajstić information content (AvgIpc) is 2.31. The summed E-state index contributed by atoms with van der Waals surface area (Å²) in [5.41, 5.74) is 6.41. The third-order valence-corrected chi connectivity index (χ3v) is 5.60. The van der Waals surface area contributed by atoms with Crippen LogP contribution in [0.4, 0.5) is 0 Å². The molecule has 0 aliphatic heterocycles. The van der Waals surface area contributed by atoms with Gasteiger partial charge >= 0.3 is 0 Å². The van der Waals surface area contributed by atoms with Crippen molar-refractivity contribution in [1.29, 1.82) is 0 Å². The molecule has 0 bridgehead atoms. The molecule has 1 heteroatoms. The van der Waals surface area contributed by atoms with Gasteiger partial charge in [-0.2, -0.15) is 0 Å². The maximum Gasteiger partial charge on any atom is 0.00700 e. The average molecular weight is 237 g/mol. The van der Waals surface area contributed by atoms with E-state index in [0.717, 1.165) is 29.6 Å². The second-order valence-corrected chi connectivity index (χ2v) is 7.16. The van der Waals surface area contributed by atoms with Crippen molar-refractivity contribution >= 4 is 0 Å². The van der Waals surface area contributed by atoms with E-state index in [-0.39, 0.29) is 0 Å². The highest BCUT2D eigenvalue weighted by molar-refractivity contribution is 4.89. The van der Waals surface area contributed by atoms with Crippen LogP contribution in [0.3, 0.4) is 0 Å². The van der Waals surface area contributed by atoms with Crippen LogP contribution in [-0.2, 0) is 0 Å². The smallest absolute Gasteiger partial charge is 0.00700 e. The zero-order valence-corrected chi connectivity index (χ0v) is 12.0. The monoisotopic (exact) mass is 237 g/mol. The number of rotatable bonds is 2. The van der Waals surface area contributed by atoms with Crippen LogP contribution in [0.25, 0.3) is 0 Å². The molecular weight excluding hydrogens is 206 g/mol. The summed E-state index contributed by atoms with van der Waals surface area (Å²) in [5, 5.41) is 0. The molecule has 2 rings (SSSR count). The summed E-state index contributed by atoms with van der Waals surface area (Å²) in [7, 11) is 0. The second-order valence-electron chi connectivity index (χ2n) is 7.16. The third kappa shape index (κ3) is 3.24. The van der Waals surface area contributed by atoms with Crippen LogP contribution in [0.1, 0.15) is 65.7 Å². The van der Waals surface area contributed by atoms with Gasteiger partial charge in [-0.1, -0.05) is 33.6 Å². The highest BCUT2D eigenvalue weighted by Crippen LogP contribution is 2.42. The molecule has 0 aromatic heterocycles. The van der Waals surface area contributed by atoms with Crippen LogP contribution in [0.15, 0.2) is 0 Å². The molecule has 2 saturated carbocycles. The van der Waals surface area contributed by atoms with E-state index in [0.29, 0.717) is 6.04 Å². The van der Waals surface area contributed by atoms with E-state index < -0.39 is 0 Å². The lowest BCUT2D eigenvalue weighted by molar-refractivity contribution is 0.106. The van der Waals surface area contributed by atoms with Gasteiger partial charge in [0.1, 0.15) is 0 Å². The van der Waals surface area contributed by atoms with E-state index in [4.69, 9.17) is 5.73 Å². The molecule has 100 valence electrons. The summed E-state index contributed by atoms with van der Waals surface area (Å²) in [6.07, 6.45) is 9.85. The van der Waals surface area contributed by atoms with Crippen molar-refractivity contribution in [1.82, 2.24) is 0 Å². The van der Waals surface area contributed by atoms with Crippen LogP contribution < -0.4 is 5.73 Å². The van der Waals surface area contributed by atoms with E-state index in [9.17, 15) is 0 Å². The first kappa shape index (κ1) is 13.4. The highest BCUT2D eigenvalue weighted by atomic mass is 14.7. The Morgan fingerprint density at radius 2 is 1.59 bits per heavy atom. The lowest BCUT2D eigenvalue weighted by Crippen LogP contribution is -2.42. The summed E-state index contributed by atoms with van der Waals surface area (Å²) < 4.78 is 0. The quantitative estimate of drug-likeness (QED) is 0.765. The third-order valence-electron chi connectivity index (χ3n) is 5.60. The van der Waals surface area contributed by atoms with Crippen molar-refractivity contribution in [2.24, 2.45) is 35.3 Å². The predicted molar refractivity (Wildman–Crippen MR) is 74.8 cm³/mol. The first-order valence-corrected chi connectivity index (χ1v) is 7.83. The Labute approximate surface area is 108 Å². The molecule has 3 unspecified atom stereocenters. The van der Waals surface area contributed by atoms with E-state index in [1.54, 1.807) is 0 Å². The van der Waals surface area contributed by atoms with Gasteiger partial charge < -0.3 is 5.73 Å². The van der Waals surface area contributed by atoms with Gasteiger partial charge in [0, 0.05) is 6.04 Å². The van der Waals surface area contributed by atoms with Crippen molar-refractivity contribution in [3.8, 4) is 0 Å². The normalized spacial score (nSPS) is 43.9. The first-order valence-electron chi connectivity index (χ1n) is 7.83. The predicted octanol–water partition coefficient (Wildman–Crippen LogP) is 4.21. The summed E-state index contributed by atoms with van der Waals surface area (Å²) in [6.45, 7) is 7.19. The maximum atomic E-state index is 6.41. The Morgan fingerprint density at radius 1 is 0.941 bits per heavy atom. The SMILES string of the molecule is CC1CCC(C2CC(C(C)C)CCC2N)CC1. The van der Waals surface area contributed by atoms with Gasteiger partial charge in [0.2, 0.25) is 0 Å². The summed E-state index contributed by atoms with van der Waals surface area (Å²) in [6, 6.07) is 0.503. The van der Waals surface area contributed by atoms with Crippen LogP contribution in [0.2, 0.25) is 0 Å². The Balaban J connectivity index is 1.93. The number of nitrogens with two attached hydrogens (primary N) is 1. The number of hydrogen-bond donors (Lipinski definition) is 1. The molecule has 0 saturated heterocycles. The topological polar surface area (TPSA) is 26.0 Å². The molecule has 0 aromatic carbocycles. The van der Waals surface area contributed by atoms with Crippen molar-refractivity contribution in [2.75, 3.05) is 0 Å². The van der Waals surface area contributed by atoms with Crippen LogP contribution >= 0.6 is 0 Å². The van der Waals surface area contributed by atoms with E-state index in [1.165, 1.54) is 44.9 Å². The molecule has 2 N–H and O–H groups in total. The fourth-order valence-corrected chi connectivity index (χ4v) is 4.12. The molecule has 1 nitrogen and oxygen atoms in total. The van der Waals surface area contributed by atoms with Crippen LogP contribution in [0, 0.1) is 29.6 Å². The highest BCUT2D eigenvalue weighted by Gasteiger charge is 2.35. The van der Waals surface area contributed by atoms with Gasteiger partial charge in [-0.3, -0.25) is 0 Å². The van der Waals surface area contributed by atoms with E-state index in [2.05, 4.69) is 20.8 Å². The van der Waals surface area contributed by atoms with Gasteiger partial charge in [0.15, 0.2) is 0 Å². The van der Waals surface area contributed by atoms with Crippen molar-refractivity contribution < 1.29 is 0 Å². The zero-order valence-electron chi connectivity index (χ0n) is 12.0. The Bertz CT molecular complexity index is 228. The molecule has 0 spiro atoms. The number of hydrogen-bond acceptors (Lipinski definition) is 1. The summed E-state index contributed by atoms with van der Waals surface area (Å²) in [4.78, 5) is 0. The molecule has 2 fully saturated rings. The molecule has 0 aromatic rings. The molecule has 0 amide bonds. The maximum absolute atomic E-state index is 6.41. The molecular formula is C16H31N. The molecule has 17 heavy (non-hydrogen) atoms. The van der Waals surface area contributed by atoms with Gasteiger partial charge in [0.25, 0.3) is 0 Å². The van der Waals surface area contributed by atoms with Gasteiger partial charge in [0.05, 0.1) is 0 Å². The minimum absolute atomic E-state index is 0.503. The van der Waals surface area contributed by atoms with Crippen molar-refractivity contribution in [3.05, 3.63) is 0 Å². The van der Waals surface area contributed by atoms with Crippen LogP contribution in [0.5, 0.6) is 0 Å². The Morgan fingerprint density at radius 3 is 2.18 bits per heavy atom. The largest absolute Gasteiger partial charge is 0.327 e. The van der Waals surface area contributed by atoms with E-state index >= 15 is 0 Å². The standard InChI is InChI=1S/C16H31N/c1-11(2)14-8-9-16(17)15(10-14)13-6-4-12(3)5-7-13/h11-16H,4-10,17H2,1-3H3. The Hall–Kier alpha value is -0.0400. The van der Waals surface area contributed by atoms with Gasteiger partial charge in [-0.05, 0) is 61.7 Å². The van der Waals surface area contributed by atoms with Crippen LogP contribution in [-0.4, -0.2) is 6.04 Å². The lowest BCUT2D eigenvalue weighted by atomic mass is 9.65. The minimum Gasteiger partial charge on any atom is -0.327 e. The van der Waals surface area contributed by atoms with Gasteiger partial charge in [-0.25, -0.2) is 0 Å². The van der Waals surface area contributed by atoms with Crippen molar-refractivity contribution in [2.45, 2.75) is 71.8 Å². The fraction of sp³-hybridized carbons (Fsp3) is 1.00. The van der Waals surface area contributed by atoms with Crippen molar-refractivity contribution in [3.63, 3.8) is 0 Å². The molecule has 3 atom stereocenters. The minimum atomic E-state index is 0.503. The zero-order chi connectivity index (χ0) is 12.4. The Kier molecular flexibility index (Phi) is 4.52. The van der Waals surface area contributed by atoms with E-state index in [1.807, 2.05) is 0 Å². The molecule has 2 aliphatic carbocycles. The summed E-state index contributed by atoms with van der Waals surface area (Å²) in [5.74, 6) is 4.55. The molecule has 2 aliphatic rings. The lowest BCUT2D eigenvalue weighted by Gasteiger charge is -2.42. The molecule has 0 heterocycles. The fourth-order valence-electron chi connectivity index (χ4n) is 4.12. The second kappa shape index (κ2) is 5.73. The van der Waals surface area contributed by atoms with Gasteiger partial charge in [-0.15, -0.1) is 0 Å². The molecule has 0 radical (unpaired) electrons. The first-order chi connectivity index (χ1) is 8.08. The summed E-state index contributed by atoms with van der Waals surface area (Å²) >= 11 is 0.